The summed E-state index contributed by atoms with van der Waals surface area (Å²) in [4.78, 5) is 0. The molecule has 6 heteroatoms. The number of nitrogens with zero attached hydrogens (tertiary/aromatic N) is 4. The van der Waals surface area contributed by atoms with Gasteiger partial charge in [-0.15, -0.1) is 5.11 Å². The maximum Gasteiger partial charge on any atom is 0.115 e. The number of H-pyrrole nitrogens is 1. The van der Waals surface area contributed by atoms with Crippen LogP contribution in [-0.4, -0.2) is 15.4 Å². The Labute approximate surface area is 125 Å². The van der Waals surface area contributed by atoms with Crippen LogP contribution >= 0.6 is 0 Å². The molecule has 22 heavy (non-hydrogen) atoms. The van der Waals surface area contributed by atoms with Crippen molar-refractivity contribution >= 4 is 38.9 Å². The molecule has 0 fully saturated rings. The lowest BCUT2D eigenvalue weighted by atomic mass is 10.1. The van der Waals surface area contributed by atoms with Gasteiger partial charge in [0.25, 0.3) is 0 Å². The minimum absolute atomic E-state index is 0.724. The molecule has 0 saturated heterocycles. The predicted molar refractivity (Wildman–Crippen MR) is 86.4 cm³/mol. The lowest BCUT2D eigenvalue weighted by Crippen LogP contribution is -1.86. The molecule has 0 amide bonds. The van der Waals surface area contributed by atoms with E-state index in [2.05, 4.69) is 25.6 Å². The summed E-state index contributed by atoms with van der Waals surface area (Å²) < 4.78 is 0. The summed E-state index contributed by atoms with van der Waals surface area (Å²) in [5, 5.41) is 21.2. The van der Waals surface area contributed by atoms with Gasteiger partial charge in [0.1, 0.15) is 11.0 Å². The number of aromatic amines is 1. The molecule has 0 spiro atoms. The molecule has 6 nitrogen and oxygen atoms in total. The highest BCUT2D eigenvalue weighted by Crippen LogP contribution is 2.31. The normalized spacial score (nSPS) is 11.6. The number of aromatic nitrogens is 3. The molecule has 1 aromatic heterocycles. The van der Waals surface area contributed by atoms with Gasteiger partial charge in [0.15, 0.2) is 0 Å². The van der Waals surface area contributed by atoms with Gasteiger partial charge in [-0.3, -0.25) is 0 Å². The lowest BCUT2D eigenvalue weighted by molar-refractivity contribution is 0.959. The van der Waals surface area contributed by atoms with E-state index in [-0.39, 0.29) is 0 Å². The highest BCUT2D eigenvalue weighted by Gasteiger charge is 2.03. The fourth-order valence-electron chi connectivity index (χ4n) is 2.40. The average molecular weight is 288 g/mol. The zero-order valence-corrected chi connectivity index (χ0v) is 11.6. The molecule has 0 bridgehead atoms. The van der Waals surface area contributed by atoms with Gasteiger partial charge < -0.3 is 5.73 Å². The number of nitrogen functional groups attached to an aromatic ring is 1. The second kappa shape index (κ2) is 4.92. The Morgan fingerprint density at radius 2 is 1.64 bits per heavy atom. The molecule has 3 aromatic carbocycles. The Balaban J connectivity index is 1.78. The first-order valence-corrected chi connectivity index (χ1v) is 6.81. The monoisotopic (exact) mass is 288 g/mol. The zero-order valence-electron chi connectivity index (χ0n) is 11.6. The van der Waals surface area contributed by atoms with Gasteiger partial charge in [-0.2, -0.15) is 20.5 Å². The summed E-state index contributed by atoms with van der Waals surface area (Å²) in [6.45, 7) is 0. The molecule has 0 saturated carbocycles. The number of fused-ring (bicyclic) bond motifs is 2. The SMILES string of the molecule is Nc1ccc(N=Nc2ccc3n[nH]nc3c2)c2ccccc12. The first-order chi connectivity index (χ1) is 10.8. The van der Waals surface area contributed by atoms with Crippen molar-refractivity contribution in [2.24, 2.45) is 10.2 Å². The van der Waals surface area contributed by atoms with Crippen molar-refractivity contribution in [3.8, 4) is 0 Å². The second-order valence-corrected chi connectivity index (χ2v) is 4.92. The maximum atomic E-state index is 5.99. The van der Waals surface area contributed by atoms with E-state index < -0.39 is 0 Å². The maximum absolute atomic E-state index is 5.99. The van der Waals surface area contributed by atoms with Crippen LogP contribution in [0.15, 0.2) is 64.8 Å². The molecule has 0 radical (unpaired) electrons. The fraction of sp³-hybridized carbons (Fsp3) is 0. The van der Waals surface area contributed by atoms with Crippen molar-refractivity contribution in [1.82, 2.24) is 15.4 Å². The number of rotatable bonds is 2. The predicted octanol–water partition coefficient (Wildman–Crippen LogP) is 4.11. The molecule has 1 heterocycles. The van der Waals surface area contributed by atoms with Crippen LogP contribution in [0.2, 0.25) is 0 Å². The van der Waals surface area contributed by atoms with Crippen LogP contribution in [0.5, 0.6) is 0 Å². The summed E-state index contributed by atoms with van der Waals surface area (Å²) >= 11 is 0. The van der Waals surface area contributed by atoms with E-state index in [0.717, 1.165) is 38.9 Å². The summed E-state index contributed by atoms with van der Waals surface area (Å²) in [5.41, 5.74) is 9.80. The third-order valence-corrected chi connectivity index (χ3v) is 3.51. The molecule has 0 aliphatic heterocycles. The summed E-state index contributed by atoms with van der Waals surface area (Å²) in [5.74, 6) is 0. The Kier molecular flexibility index (Phi) is 2.79. The van der Waals surface area contributed by atoms with Crippen LogP contribution in [0.1, 0.15) is 0 Å². The number of hydrogen-bond donors (Lipinski definition) is 2. The summed E-state index contributed by atoms with van der Waals surface area (Å²) in [6, 6.07) is 17.1. The van der Waals surface area contributed by atoms with Crippen molar-refractivity contribution in [1.29, 1.82) is 0 Å². The van der Waals surface area contributed by atoms with Crippen molar-refractivity contribution in [3.05, 3.63) is 54.6 Å². The Morgan fingerprint density at radius 1 is 0.818 bits per heavy atom. The molecule has 4 rings (SSSR count). The number of hydrogen-bond acceptors (Lipinski definition) is 5. The van der Waals surface area contributed by atoms with E-state index in [1.54, 1.807) is 0 Å². The van der Waals surface area contributed by atoms with Gasteiger partial charge in [0.2, 0.25) is 0 Å². The van der Waals surface area contributed by atoms with Gasteiger partial charge in [0.05, 0.1) is 11.4 Å². The topological polar surface area (TPSA) is 92.3 Å². The van der Waals surface area contributed by atoms with Crippen LogP contribution in [0, 0.1) is 0 Å². The second-order valence-electron chi connectivity index (χ2n) is 4.92. The van der Waals surface area contributed by atoms with Gasteiger partial charge in [-0.25, -0.2) is 0 Å². The third-order valence-electron chi connectivity index (χ3n) is 3.51. The number of nitrogens with one attached hydrogen (secondary N) is 1. The van der Waals surface area contributed by atoms with Crippen LogP contribution in [0.4, 0.5) is 17.1 Å². The van der Waals surface area contributed by atoms with Crippen LogP contribution in [0.25, 0.3) is 21.8 Å². The molecule has 106 valence electrons. The molecule has 4 aromatic rings. The van der Waals surface area contributed by atoms with Crippen molar-refractivity contribution in [2.45, 2.75) is 0 Å². The third kappa shape index (κ3) is 2.07. The minimum Gasteiger partial charge on any atom is -0.398 e. The number of benzene rings is 3. The van der Waals surface area contributed by atoms with E-state index in [1.807, 2.05) is 54.6 Å². The molecule has 0 aliphatic rings. The number of azo groups is 1. The van der Waals surface area contributed by atoms with E-state index >= 15 is 0 Å². The molecule has 0 atom stereocenters. The first kappa shape index (κ1) is 12.5. The summed E-state index contributed by atoms with van der Waals surface area (Å²) in [6.07, 6.45) is 0. The van der Waals surface area contributed by atoms with Crippen LogP contribution < -0.4 is 5.73 Å². The highest BCUT2D eigenvalue weighted by molar-refractivity contribution is 5.99. The van der Waals surface area contributed by atoms with Gasteiger partial charge in [-0.05, 0) is 30.3 Å². The number of anilines is 1. The van der Waals surface area contributed by atoms with Crippen molar-refractivity contribution in [3.63, 3.8) is 0 Å². The Morgan fingerprint density at radius 3 is 2.55 bits per heavy atom. The highest BCUT2D eigenvalue weighted by atomic mass is 15.3. The lowest BCUT2D eigenvalue weighted by Gasteiger charge is -2.04. The molecule has 0 unspecified atom stereocenters. The fourth-order valence-corrected chi connectivity index (χ4v) is 2.40. The zero-order chi connectivity index (χ0) is 14.9. The average Bonchev–Trinajstić information content (AvgIpc) is 3.02. The molecule has 0 aliphatic carbocycles. The molecular formula is C16H12N6. The van der Waals surface area contributed by atoms with Gasteiger partial charge in [0, 0.05) is 16.5 Å². The largest absolute Gasteiger partial charge is 0.398 e. The van der Waals surface area contributed by atoms with Crippen molar-refractivity contribution < 1.29 is 0 Å². The Hall–Kier alpha value is -3.28. The molecular weight excluding hydrogens is 276 g/mol. The first-order valence-electron chi connectivity index (χ1n) is 6.81. The quantitative estimate of drug-likeness (QED) is 0.429. The Bertz CT molecular complexity index is 1000. The standard InChI is InChI=1S/C16H12N6/c17-13-6-8-14(12-4-2-1-3-11(12)13)19-18-10-5-7-15-16(9-10)21-22-20-15/h1-9H,17H2,(H,20,21,22). The molecule has 3 N–H and O–H groups in total. The van der Waals surface area contributed by atoms with E-state index in [1.165, 1.54) is 0 Å². The smallest absolute Gasteiger partial charge is 0.115 e. The van der Waals surface area contributed by atoms with E-state index in [4.69, 9.17) is 5.73 Å². The van der Waals surface area contributed by atoms with Crippen LogP contribution in [0.3, 0.4) is 0 Å². The van der Waals surface area contributed by atoms with Crippen molar-refractivity contribution in [2.75, 3.05) is 5.73 Å². The van der Waals surface area contributed by atoms with Gasteiger partial charge in [-0.1, -0.05) is 24.3 Å². The van der Waals surface area contributed by atoms with E-state index in [9.17, 15) is 0 Å². The van der Waals surface area contributed by atoms with Crippen LogP contribution in [-0.2, 0) is 0 Å². The number of nitrogens with two attached hydrogens (primary N) is 1. The minimum atomic E-state index is 0.724. The van der Waals surface area contributed by atoms with Gasteiger partial charge >= 0.3 is 0 Å². The van der Waals surface area contributed by atoms with E-state index in [0.29, 0.717) is 0 Å². The summed E-state index contributed by atoms with van der Waals surface area (Å²) in [7, 11) is 0.